The Labute approximate surface area is 157 Å². The normalized spacial score (nSPS) is 10.4. The van der Waals surface area contributed by atoms with E-state index in [1.807, 2.05) is 30.3 Å². The van der Waals surface area contributed by atoms with Crippen molar-refractivity contribution < 1.29 is 19.4 Å². The Morgan fingerprint density at radius 3 is 2.11 bits per heavy atom. The van der Waals surface area contributed by atoms with Gasteiger partial charge in [-0.15, -0.1) is 0 Å². The number of nitro groups is 2. The molecule has 9 nitrogen and oxygen atoms in total. The zero-order valence-corrected chi connectivity index (χ0v) is 14.3. The molecular weight excluding hydrogens is 366 g/mol. The summed E-state index contributed by atoms with van der Waals surface area (Å²) < 4.78 is 0. The lowest BCUT2D eigenvalue weighted by Crippen LogP contribution is -2.31. The van der Waals surface area contributed by atoms with Crippen LogP contribution in [0.1, 0.15) is 15.9 Å². The summed E-state index contributed by atoms with van der Waals surface area (Å²) in [7, 11) is 0. The van der Waals surface area contributed by atoms with Crippen LogP contribution in [0.25, 0.3) is 10.8 Å². The molecule has 1 N–H and O–H groups in total. The van der Waals surface area contributed by atoms with E-state index in [2.05, 4.69) is 5.32 Å². The third-order valence-electron chi connectivity index (χ3n) is 4.07. The Kier molecular flexibility index (Phi) is 5.07. The first-order valence-electron chi connectivity index (χ1n) is 8.10. The molecule has 0 radical (unpaired) electrons. The second-order valence-electron chi connectivity index (χ2n) is 5.94. The first-order chi connectivity index (χ1) is 13.3. The van der Waals surface area contributed by atoms with Gasteiger partial charge in [0.05, 0.1) is 27.9 Å². The molecule has 2 amide bonds. The second kappa shape index (κ2) is 7.62. The van der Waals surface area contributed by atoms with Crippen molar-refractivity contribution in [3.05, 3.63) is 92.0 Å². The number of hydrogen-bond donors (Lipinski definition) is 1. The monoisotopic (exact) mass is 379 g/mol. The van der Waals surface area contributed by atoms with Crippen molar-refractivity contribution in [1.29, 1.82) is 0 Å². The molecule has 140 valence electrons. The van der Waals surface area contributed by atoms with Gasteiger partial charge in [-0.3, -0.25) is 35.1 Å². The van der Waals surface area contributed by atoms with Crippen LogP contribution in [0.5, 0.6) is 0 Å². The Morgan fingerprint density at radius 2 is 1.46 bits per heavy atom. The largest absolute Gasteiger partial charge is 0.292 e. The van der Waals surface area contributed by atoms with E-state index in [4.69, 9.17) is 0 Å². The number of amides is 2. The zero-order valence-electron chi connectivity index (χ0n) is 14.3. The molecule has 0 fully saturated rings. The quantitative estimate of drug-likeness (QED) is 0.535. The fourth-order valence-electron chi connectivity index (χ4n) is 2.80. The molecule has 0 bridgehead atoms. The summed E-state index contributed by atoms with van der Waals surface area (Å²) in [4.78, 5) is 44.7. The number of carbonyl (C=O) groups excluding carboxylic acids is 2. The Hall–Kier alpha value is -4.14. The van der Waals surface area contributed by atoms with Crippen LogP contribution in [0.15, 0.2) is 60.7 Å². The average Bonchev–Trinajstić information content (AvgIpc) is 2.67. The number of nitrogens with zero attached hydrogens (tertiary/aromatic N) is 2. The van der Waals surface area contributed by atoms with Crippen LogP contribution in [0.3, 0.4) is 0 Å². The standard InChI is InChI=1S/C19H13N3O6/c23-18(10-13-6-3-5-12-4-1-2-7-17(12)13)20-19(24)14-8-15(21(25)26)11-16(9-14)22(27)28/h1-9,11H,10H2,(H,20,23,24). The van der Waals surface area contributed by atoms with Crippen molar-refractivity contribution in [3.63, 3.8) is 0 Å². The van der Waals surface area contributed by atoms with Gasteiger partial charge in [0.25, 0.3) is 17.3 Å². The van der Waals surface area contributed by atoms with Crippen LogP contribution in [0.4, 0.5) is 11.4 Å². The van der Waals surface area contributed by atoms with E-state index in [1.165, 1.54) is 0 Å². The van der Waals surface area contributed by atoms with Crippen molar-refractivity contribution in [2.75, 3.05) is 0 Å². The summed E-state index contributed by atoms with van der Waals surface area (Å²) in [5.74, 6) is -1.58. The molecule has 0 atom stereocenters. The number of fused-ring (bicyclic) bond motifs is 1. The smallest absolute Gasteiger partial charge is 0.277 e. The van der Waals surface area contributed by atoms with Gasteiger partial charge in [-0.1, -0.05) is 42.5 Å². The SMILES string of the molecule is O=C(Cc1cccc2ccccc12)NC(=O)c1cc([N+](=O)[O-])cc([N+](=O)[O-])c1. The number of benzene rings is 3. The van der Waals surface area contributed by atoms with E-state index < -0.39 is 33.0 Å². The lowest BCUT2D eigenvalue weighted by molar-refractivity contribution is -0.394. The summed E-state index contributed by atoms with van der Waals surface area (Å²) in [5, 5.41) is 25.8. The highest BCUT2D eigenvalue weighted by Crippen LogP contribution is 2.23. The van der Waals surface area contributed by atoms with Gasteiger partial charge in [0.1, 0.15) is 0 Å². The number of hydrogen-bond acceptors (Lipinski definition) is 6. The number of non-ortho nitro benzene ring substituents is 2. The fraction of sp³-hybridized carbons (Fsp3) is 0.0526. The van der Waals surface area contributed by atoms with Gasteiger partial charge >= 0.3 is 0 Å². The summed E-state index contributed by atoms with van der Waals surface area (Å²) in [5.41, 5.74) is -0.859. The third kappa shape index (κ3) is 3.98. The van der Waals surface area contributed by atoms with Gasteiger partial charge in [0, 0.05) is 12.1 Å². The molecule has 0 aliphatic carbocycles. The highest BCUT2D eigenvalue weighted by Gasteiger charge is 2.21. The molecule has 0 spiro atoms. The van der Waals surface area contributed by atoms with Crippen LogP contribution >= 0.6 is 0 Å². The predicted octanol–water partition coefficient (Wildman–Crippen LogP) is 3.16. The van der Waals surface area contributed by atoms with E-state index in [0.717, 1.165) is 29.0 Å². The van der Waals surface area contributed by atoms with Crippen LogP contribution < -0.4 is 5.32 Å². The Morgan fingerprint density at radius 1 is 0.857 bits per heavy atom. The zero-order chi connectivity index (χ0) is 20.3. The summed E-state index contributed by atoms with van der Waals surface area (Å²) in [6.07, 6.45) is -0.0931. The summed E-state index contributed by atoms with van der Waals surface area (Å²) >= 11 is 0. The molecule has 0 saturated carbocycles. The molecule has 0 saturated heterocycles. The maximum atomic E-state index is 12.3. The number of nitrogens with one attached hydrogen (secondary N) is 1. The topological polar surface area (TPSA) is 132 Å². The Balaban J connectivity index is 1.82. The molecule has 9 heteroatoms. The minimum Gasteiger partial charge on any atom is -0.292 e. The predicted molar refractivity (Wildman–Crippen MR) is 99.9 cm³/mol. The van der Waals surface area contributed by atoms with E-state index in [1.54, 1.807) is 12.1 Å². The molecule has 0 aliphatic heterocycles. The molecule has 0 unspecified atom stereocenters. The minimum absolute atomic E-state index is 0.0931. The van der Waals surface area contributed by atoms with Gasteiger partial charge in [-0.05, 0) is 16.3 Å². The molecule has 3 aromatic carbocycles. The maximum absolute atomic E-state index is 12.3. The molecular formula is C19H13N3O6. The molecule has 0 heterocycles. The average molecular weight is 379 g/mol. The van der Waals surface area contributed by atoms with Crippen LogP contribution in [0.2, 0.25) is 0 Å². The van der Waals surface area contributed by atoms with Crippen LogP contribution in [-0.2, 0) is 11.2 Å². The number of imide groups is 1. The maximum Gasteiger partial charge on any atom is 0.277 e. The molecule has 0 aromatic heterocycles. The Bertz CT molecular complexity index is 1090. The van der Waals surface area contributed by atoms with Gasteiger partial charge < -0.3 is 0 Å². The van der Waals surface area contributed by atoms with Crippen LogP contribution in [0, 0.1) is 20.2 Å². The van der Waals surface area contributed by atoms with E-state index >= 15 is 0 Å². The number of nitro benzene ring substituents is 2. The van der Waals surface area contributed by atoms with Crippen LogP contribution in [-0.4, -0.2) is 21.7 Å². The first kappa shape index (κ1) is 18.6. The first-order valence-corrected chi connectivity index (χ1v) is 8.10. The van der Waals surface area contributed by atoms with Crippen molar-refractivity contribution >= 4 is 34.0 Å². The minimum atomic E-state index is -0.947. The third-order valence-corrected chi connectivity index (χ3v) is 4.07. The molecule has 28 heavy (non-hydrogen) atoms. The summed E-state index contributed by atoms with van der Waals surface area (Å²) in [6.45, 7) is 0. The highest BCUT2D eigenvalue weighted by atomic mass is 16.6. The lowest BCUT2D eigenvalue weighted by atomic mass is 10.0. The molecule has 0 aliphatic rings. The van der Waals surface area contributed by atoms with Crippen molar-refractivity contribution in [2.45, 2.75) is 6.42 Å². The van der Waals surface area contributed by atoms with E-state index in [9.17, 15) is 29.8 Å². The van der Waals surface area contributed by atoms with Crippen molar-refractivity contribution in [1.82, 2.24) is 5.32 Å². The lowest BCUT2D eigenvalue weighted by Gasteiger charge is -2.07. The van der Waals surface area contributed by atoms with Gasteiger partial charge in [-0.2, -0.15) is 0 Å². The van der Waals surface area contributed by atoms with Crippen molar-refractivity contribution in [3.8, 4) is 0 Å². The summed E-state index contributed by atoms with van der Waals surface area (Å²) in [6, 6.07) is 15.4. The molecule has 3 rings (SSSR count). The number of rotatable bonds is 5. The second-order valence-corrected chi connectivity index (χ2v) is 5.94. The van der Waals surface area contributed by atoms with Gasteiger partial charge in [0.2, 0.25) is 5.91 Å². The van der Waals surface area contributed by atoms with E-state index in [-0.39, 0.29) is 12.0 Å². The van der Waals surface area contributed by atoms with Gasteiger partial charge in [0.15, 0.2) is 0 Å². The van der Waals surface area contributed by atoms with Crippen molar-refractivity contribution in [2.24, 2.45) is 0 Å². The number of carbonyl (C=O) groups is 2. The molecule has 3 aromatic rings. The van der Waals surface area contributed by atoms with E-state index in [0.29, 0.717) is 5.56 Å². The fourth-order valence-corrected chi connectivity index (χ4v) is 2.80. The van der Waals surface area contributed by atoms with Gasteiger partial charge in [-0.25, -0.2) is 0 Å². The highest BCUT2D eigenvalue weighted by molar-refractivity contribution is 6.06.